The smallest absolute Gasteiger partial charge is 0.416 e. The van der Waals surface area contributed by atoms with Crippen LogP contribution in [0, 0.1) is 5.82 Å². The van der Waals surface area contributed by atoms with Gasteiger partial charge in [0.05, 0.1) is 24.0 Å². The first-order valence-electron chi connectivity index (χ1n) is 7.25. The predicted octanol–water partition coefficient (Wildman–Crippen LogP) is 2.62. The Morgan fingerprint density at radius 1 is 1.28 bits per heavy atom. The first kappa shape index (κ1) is 17.2. The largest absolute Gasteiger partial charge is 0.465 e. The van der Waals surface area contributed by atoms with Crippen LogP contribution >= 0.6 is 0 Å². The van der Waals surface area contributed by atoms with Crippen molar-refractivity contribution in [1.29, 1.82) is 0 Å². The van der Waals surface area contributed by atoms with E-state index in [2.05, 4.69) is 4.98 Å². The third-order valence-corrected chi connectivity index (χ3v) is 4.06. The Balaban J connectivity index is 1.99. The van der Waals surface area contributed by atoms with E-state index in [1.807, 2.05) is 0 Å². The van der Waals surface area contributed by atoms with Crippen LogP contribution in [0.3, 0.4) is 0 Å². The second kappa shape index (κ2) is 6.03. The van der Waals surface area contributed by atoms with Crippen molar-refractivity contribution in [3.63, 3.8) is 0 Å². The van der Waals surface area contributed by atoms with Crippen LogP contribution in [0.15, 0.2) is 24.4 Å². The summed E-state index contributed by atoms with van der Waals surface area (Å²) in [5.41, 5.74) is -1.66. The number of amides is 1. The molecule has 0 radical (unpaired) electrons. The number of aliphatic hydroxyl groups excluding tert-OH is 1. The first-order chi connectivity index (χ1) is 11.7. The van der Waals surface area contributed by atoms with E-state index in [-0.39, 0.29) is 25.3 Å². The Morgan fingerprint density at radius 3 is 2.64 bits per heavy atom. The zero-order chi connectivity index (χ0) is 18.4. The summed E-state index contributed by atoms with van der Waals surface area (Å²) in [5, 5.41) is 19.4. The van der Waals surface area contributed by atoms with Gasteiger partial charge in [-0.05, 0) is 17.7 Å². The van der Waals surface area contributed by atoms with Gasteiger partial charge in [0, 0.05) is 13.1 Å². The van der Waals surface area contributed by atoms with Crippen molar-refractivity contribution in [2.75, 3.05) is 6.54 Å². The molecule has 1 unspecified atom stereocenters. The molecule has 134 valence electrons. The summed E-state index contributed by atoms with van der Waals surface area (Å²) < 4.78 is 54.1. The molecule has 3 rings (SSSR count). The molecular formula is C15H13F4N3O3. The molecule has 10 heteroatoms. The second-order valence-electron chi connectivity index (χ2n) is 5.59. The summed E-state index contributed by atoms with van der Waals surface area (Å²) in [4.78, 5) is 16.1. The minimum Gasteiger partial charge on any atom is -0.465 e. The molecule has 2 heterocycles. The van der Waals surface area contributed by atoms with E-state index in [0.29, 0.717) is 11.9 Å². The van der Waals surface area contributed by atoms with Crippen LogP contribution in [0.2, 0.25) is 0 Å². The molecule has 1 atom stereocenters. The third-order valence-electron chi connectivity index (χ3n) is 4.06. The monoisotopic (exact) mass is 359 g/mol. The molecule has 0 saturated carbocycles. The van der Waals surface area contributed by atoms with Gasteiger partial charge in [-0.3, -0.25) is 4.90 Å². The van der Waals surface area contributed by atoms with Gasteiger partial charge in [-0.1, -0.05) is 6.07 Å². The molecule has 0 spiro atoms. The second-order valence-corrected chi connectivity index (χ2v) is 5.59. The number of carboxylic acid groups (broad SMARTS) is 1. The van der Waals surface area contributed by atoms with Gasteiger partial charge in [0.2, 0.25) is 0 Å². The van der Waals surface area contributed by atoms with Crippen LogP contribution in [0.1, 0.15) is 28.7 Å². The summed E-state index contributed by atoms with van der Waals surface area (Å²) in [6.07, 6.45) is -6.43. The topological polar surface area (TPSA) is 78.6 Å². The van der Waals surface area contributed by atoms with E-state index in [1.165, 1.54) is 10.8 Å². The van der Waals surface area contributed by atoms with E-state index in [1.54, 1.807) is 0 Å². The Hall–Kier alpha value is -2.62. The number of carbonyl (C=O) groups is 1. The van der Waals surface area contributed by atoms with Gasteiger partial charge in [0.25, 0.3) is 0 Å². The van der Waals surface area contributed by atoms with Gasteiger partial charge in [-0.15, -0.1) is 0 Å². The fraction of sp³-hybridized carbons (Fsp3) is 0.333. The molecule has 2 aromatic rings. The van der Waals surface area contributed by atoms with Gasteiger partial charge in [0.1, 0.15) is 17.7 Å². The summed E-state index contributed by atoms with van der Waals surface area (Å²) in [5.74, 6) is -0.742. The average Bonchev–Trinajstić information content (AvgIpc) is 2.96. The average molecular weight is 359 g/mol. The molecule has 25 heavy (non-hydrogen) atoms. The molecule has 1 aliphatic rings. The van der Waals surface area contributed by atoms with Gasteiger partial charge < -0.3 is 14.8 Å². The maximum atomic E-state index is 13.2. The lowest BCUT2D eigenvalue weighted by Crippen LogP contribution is -2.38. The number of hydrogen-bond acceptors (Lipinski definition) is 3. The standard InChI is InChI=1S/C15H13F4N3O3/c16-8-1-2-9(10(5-8)15(17,18)19)13(23)11-6-20-12-7-21(14(24)25)3-4-22(11)12/h1-2,5-6,13,23H,3-4,7H2,(H,24,25). The van der Waals surface area contributed by atoms with Gasteiger partial charge >= 0.3 is 12.3 Å². The number of rotatable bonds is 2. The lowest BCUT2D eigenvalue weighted by atomic mass is 9.99. The van der Waals surface area contributed by atoms with Crippen molar-refractivity contribution in [3.8, 4) is 0 Å². The summed E-state index contributed by atoms with van der Waals surface area (Å²) in [6.45, 7) is 0.238. The lowest BCUT2D eigenvalue weighted by Gasteiger charge is -2.27. The predicted molar refractivity (Wildman–Crippen MR) is 76.1 cm³/mol. The Morgan fingerprint density at radius 2 is 2.00 bits per heavy atom. The number of alkyl halides is 3. The number of fused-ring (bicyclic) bond motifs is 1. The van der Waals surface area contributed by atoms with Crippen molar-refractivity contribution >= 4 is 6.09 Å². The van der Waals surface area contributed by atoms with Crippen LogP contribution < -0.4 is 0 Å². The molecular weight excluding hydrogens is 346 g/mol. The van der Waals surface area contributed by atoms with Crippen LogP contribution in [0.25, 0.3) is 0 Å². The van der Waals surface area contributed by atoms with Gasteiger partial charge in [-0.25, -0.2) is 14.2 Å². The van der Waals surface area contributed by atoms with Crippen molar-refractivity contribution < 1.29 is 32.6 Å². The zero-order valence-electron chi connectivity index (χ0n) is 12.7. The van der Waals surface area contributed by atoms with E-state index in [4.69, 9.17) is 5.11 Å². The fourth-order valence-electron chi connectivity index (χ4n) is 2.84. The minimum atomic E-state index is -4.83. The Labute approximate surface area is 138 Å². The summed E-state index contributed by atoms with van der Waals surface area (Å²) in [6, 6.07) is 2.06. The molecule has 0 fully saturated rings. The highest BCUT2D eigenvalue weighted by atomic mass is 19.4. The van der Waals surface area contributed by atoms with Crippen molar-refractivity contribution in [3.05, 3.63) is 52.9 Å². The van der Waals surface area contributed by atoms with E-state index in [9.17, 15) is 27.5 Å². The molecule has 6 nitrogen and oxygen atoms in total. The highest BCUT2D eigenvalue weighted by Gasteiger charge is 2.37. The molecule has 1 aromatic heterocycles. The van der Waals surface area contributed by atoms with Crippen molar-refractivity contribution in [1.82, 2.24) is 14.5 Å². The van der Waals surface area contributed by atoms with Crippen LogP contribution in [-0.2, 0) is 19.3 Å². The summed E-state index contributed by atoms with van der Waals surface area (Å²) in [7, 11) is 0. The van der Waals surface area contributed by atoms with Crippen LogP contribution in [-0.4, -0.2) is 37.3 Å². The summed E-state index contributed by atoms with van der Waals surface area (Å²) >= 11 is 0. The van der Waals surface area contributed by atoms with Gasteiger partial charge in [0.15, 0.2) is 0 Å². The molecule has 2 N–H and O–H groups in total. The number of imidazole rings is 1. The third kappa shape index (κ3) is 3.16. The van der Waals surface area contributed by atoms with E-state index in [0.717, 1.165) is 17.0 Å². The normalized spacial score (nSPS) is 15.8. The molecule has 1 aliphatic heterocycles. The number of halogens is 4. The zero-order valence-corrected chi connectivity index (χ0v) is 12.7. The molecule has 1 aromatic carbocycles. The Kier molecular flexibility index (Phi) is 4.15. The van der Waals surface area contributed by atoms with Gasteiger partial charge in [-0.2, -0.15) is 13.2 Å². The number of nitrogens with zero attached hydrogens (tertiary/aromatic N) is 3. The first-order valence-corrected chi connectivity index (χ1v) is 7.25. The molecule has 0 aliphatic carbocycles. The highest BCUT2D eigenvalue weighted by molar-refractivity contribution is 5.65. The fourth-order valence-corrected chi connectivity index (χ4v) is 2.84. The SMILES string of the molecule is O=C(O)N1CCn2c(C(O)c3ccc(F)cc3C(F)(F)F)cnc2C1. The van der Waals surface area contributed by atoms with Crippen LogP contribution in [0.5, 0.6) is 0 Å². The molecule has 1 amide bonds. The Bertz CT molecular complexity index is 819. The number of aromatic nitrogens is 2. The molecule has 0 saturated heterocycles. The molecule has 0 bridgehead atoms. The maximum absolute atomic E-state index is 13.2. The minimum absolute atomic E-state index is 0.0302. The number of hydrogen-bond donors (Lipinski definition) is 2. The quantitative estimate of drug-likeness (QED) is 0.808. The highest BCUT2D eigenvalue weighted by Crippen LogP contribution is 2.37. The van der Waals surface area contributed by atoms with Crippen molar-refractivity contribution in [2.24, 2.45) is 0 Å². The maximum Gasteiger partial charge on any atom is 0.416 e. The number of aliphatic hydroxyl groups is 1. The van der Waals surface area contributed by atoms with Crippen molar-refractivity contribution in [2.45, 2.75) is 25.4 Å². The number of benzene rings is 1. The van der Waals surface area contributed by atoms with Crippen LogP contribution in [0.4, 0.5) is 22.4 Å². The lowest BCUT2D eigenvalue weighted by molar-refractivity contribution is -0.139. The van der Waals surface area contributed by atoms with E-state index < -0.39 is 35.3 Å². The van der Waals surface area contributed by atoms with E-state index >= 15 is 0 Å².